The van der Waals surface area contributed by atoms with Crippen LogP contribution in [0.4, 0.5) is 0 Å². The molecule has 0 saturated carbocycles. The van der Waals surface area contributed by atoms with Gasteiger partial charge in [-0.25, -0.2) is 0 Å². The maximum absolute atomic E-state index is 11.4. The molecule has 19 heavy (non-hydrogen) atoms. The van der Waals surface area contributed by atoms with Crippen molar-refractivity contribution in [3.63, 3.8) is 0 Å². The lowest BCUT2D eigenvalue weighted by Crippen LogP contribution is -2.55. The minimum atomic E-state index is 0.225. The van der Waals surface area contributed by atoms with Gasteiger partial charge in [-0.1, -0.05) is 0 Å². The molecule has 104 valence electrons. The van der Waals surface area contributed by atoms with E-state index in [1.807, 2.05) is 0 Å². The molecule has 3 heterocycles. The number of rotatable bonds is 3. The van der Waals surface area contributed by atoms with Gasteiger partial charge in [0.05, 0.1) is 0 Å². The summed E-state index contributed by atoms with van der Waals surface area (Å²) in [6.45, 7) is 2.75. The van der Waals surface area contributed by atoms with Gasteiger partial charge >= 0.3 is 0 Å². The first-order valence-corrected chi connectivity index (χ1v) is 7.98. The quantitative estimate of drug-likeness (QED) is 0.878. The third-order valence-electron chi connectivity index (χ3n) is 4.45. The normalized spacial score (nSPS) is 29.6. The fraction of sp³-hybridized carbons (Fsp3) is 0.643. The number of nitrogens with two attached hydrogens (primary N) is 1. The first-order valence-electron chi connectivity index (χ1n) is 7.03. The molecule has 3 N–H and O–H groups in total. The number of amides is 1. The minimum Gasteiger partial charge on any atom is -0.353 e. The SMILES string of the molecule is NCC(c1ccsc1)N1CCC2NC(=O)CCC2C1. The predicted octanol–water partition coefficient (Wildman–Crippen LogP) is 1.35. The van der Waals surface area contributed by atoms with Gasteiger partial charge in [-0.2, -0.15) is 11.3 Å². The molecule has 1 amide bonds. The second kappa shape index (κ2) is 5.61. The molecule has 3 unspecified atom stereocenters. The Morgan fingerprint density at radius 3 is 3.16 bits per heavy atom. The molecule has 3 rings (SSSR count). The van der Waals surface area contributed by atoms with E-state index in [0.717, 1.165) is 25.9 Å². The Morgan fingerprint density at radius 2 is 2.42 bits per heavy atom. The highest BCUT2D eigenvalue weighted by Gasteiger charge is 2.35. The van der Waals surface area contributed by atoms with E-state index in [1.54, 1.807) is 11.3 Å². The van der Waals surface area contributed by atoms with Crippen molar-refractivity contribution < 1.29 is 4.79 Å². The van der Waals surface area contributed by atoms with Gasteiger partial charge in [-0.3, -0.25) is 9.69 Å². The van der Waals surface area contributed by atoms with E-state index in [-0.39, 0.29) is 5.91 Å². The molecular formula is C14H21N3OS. The lowest BCUT2D eigenvalue weighted by molar-refractivity contribution is -0.125. The molecule has 2 saturated heterocycles. The first-order chi connectivity index (χ1) is 9.28. The zero-order valence-corrected chi connectivity index (χ0v) is 11.9. The molecule has 2 fully saturated rings. The fourth-order valence-corrected chi connectivity index (χ4v) is 4.09. The molecule has 5 heteroatoms. The molecule has 0 radical (unpaired) electrons. The number of nitrogens with zero attached hydrogens (tertiary/aromatic N) is 1. The van der Waals surface area contributed by atoms with Crippen LogP contribution in [0.15, 0.2) is 16.8 Å². The molecule has 0 spiro atoms. The molecule has 1 aromatic rings. The first kappa shape index (κ1) is 13.1. The summed E-state index contributed by atoms with van der Waals surface area (Å²) >= 11 is 1.73. The van der Waals surface area contributed by atoms with Gasteiger partial charge in [0, 0.05) is 38.1 Å². The highest BCUT2D eigenvalue weighted by Crippen LogP contribution is 2.31. The van der Waals surface area contributed by atoms with Crippen molar-refractivity contribution in [3.05, 3.63) is 22.4 Å². The molecule has 0 aliphatic carbocycles. The topological polar surface area (TPSA) is 58.4 Å². The van der Waals surface area contributed by atoms with Gasteiger partial charge < -0.3 is 11.1 Å². The average molecular weight is 279 g/mol. The Kier molecular flexibility index (Phi) is 3.86. The van der Waals surface area contributed by atoms with Crippen LogP contribution in [-0.4, -0.2) is 36.5 Å². The number of nitrogens with one attached hydrogen (secondary N) is 1. The molecule has 3 atom stereocenters. The Balaban J connectivity index is 1.68. The van der Waals surface area contributed by atoms with Crippen LogP contribution < -0.4 is 11.1 Å². The second-order valence-corrected chi connectivity index (χ2v) is 6.34. The number of piperidine rings is 2. The van der Waals surface area contributed by atoms with Crippen molar-refractivity contribution in [3.8, 4) is 0 Å². The van der Waals surface area contributed by atoms with Crippen LogP contribution in [0.1, 0.15) is 30.9 Å². The molecule has 2 aliphatic heterocycles. The van der Waals surface area contributed by atoms with Gasteiger partial charge in [0.2, 0.25) is 5.91 Å². The van der Waals surface area contributed by atoms with Crippen LogP contribution in [0.3, 0.4) is 0 Å². The largest absolute Gasteiger partial charge is 0.353 e. The van der Waals surface area contributed by atoms with Gasteiger partial charge in [0.25, 0.3) is 0 Å². The lowest BCUT2D eigenvalue weighted by Gasteiger charge is -2.44. The number of carbonyl (C=O) groups excluding carboxylic acids is 1. The van der Waals surface area contributed by atoms with Crippen LogP contribution in [0.2, 0.25) is 0 Å². The van der Waals surface area contributed by atoms with E-state index in [0.29, 0.717) is 31.0 Å². The molecule has 0 aromatic carbocycles. The third-order valence-corrected chi connectivity index (χ3v) is 5.15. The van der Waals surface area contributed by atoms with Crippen LogP contribution in [0.25, 0.3) is 0 Å². The summed E-state index contributed by atoms with van der Waals surface area (Å²) in [6.07, 6.45) is 2.76. The van der Waals surface area contributed by atoms with E-state index in [9.17, 15) is 4.79 Å². The fourth-order valence-electron chi connectivity index (χ4n) is 3.38. The van der Waals surface area contributed by atoms with Gasteiger partial charge in [0.15, 0.2) is 0 Å². The molecule has 0 bridgehead atoms. The van der Waals surface area contributed by atoms with Crippen molar-refractivity contribution in [1.82, 2.24) is 10.2 Å². The maximum Gasteiger partial charge on any atom is 0.220 e. The summed E-state index contributed by atoms with van der Waals surface area (Å²) < 4.78 is 0. The van der Waals surface area contributed by atoms with Crippen molar-refractivity contribution >= 4 is 17.2 Å². The van der Waals surface area contributed by atoms with Gasteiger partial charge in [-0.05, 0) is 41.1 Å². The smallest absolute Gasteiger partial charge is 0.220 e. The summed E-state index contributed by atoms with van der Waals surface area (Å²) in [5.41, 5.74) is 7.32. The third kappa shape index (κ3) is 2.68. The van der Waals surface area contributed by atoms with E-state index in [2.05, 4.69) is 27.0 Å². The second-order valence-electron chi connectivity index (χ2n) is 5.56. The summed E-state index contributed by atoms with van der Waals surface area (Å²) in [6, 6.07) is 2.90. The van der Waals surface area contributed by atoms with Crippen molar-refractivity contribution in [2.24, 2.45) is 11.7 Å². The van der Waals surface area contributed by atoms with Crippen LogP contribution >= 0.6 is 11.3 Å². The summed E-state index contributed by atoms with van der Waals surface area (Å²) in [5.74, 6) is 0.821. The number of hydrogen-bond acceptors (Lipinski definition) is 4. The highest BCUT2D eigenvalue weighted by atomic mass is 32.1. The number of fused-ring (bicyclic) bond motifs is 1. The molecular weight excluding hydrogens is 258 g/mol. The van der Waals surface area contributed by atoms with E-state index in [1.165, 1.54) is 5.56 Å². The van der Waals surface area contributed by atoms with Crippen LogP contribution in [0.5, 0.6) is 0 Å². The molecule has 2 aliphatic rings. The van der Waals surface area contributed by atoms with Crippen molar-refractivity contribution in [2.75, 3.05) is 19.6 Å². The van der Waals surface area contributed by atoms with Crippen LogP contribution in [0, 0.1) is 5.92 Å². The Hall–Kier alpha value is -0.910. The van der Waals surface area contributed by atoms with Crippen molar-refractivity contribution in [2.45, 2.75) is 31.3 Å². The summed E-state index contributed by atoms with van der Waals surface area (Å²) in [4.78, 5) is 13.9. The number of thiophene rings is 1. The Morgan fingerprint density at radius 1 is 1.53 bits per heavy atom. The predicted molar refractivity (Wildman–Crippen MR) is 77.0 cm³/mol. The van der Waals surface area contributed by atoms with Gasteiger partial charge in [0.1, 0.15) is 0 Å². The van der Waals surface area contributed by atoms with Crippen LogP contribution in [-0.2, 0) is 4.79 Å². The monoisotopic (exact) mass is 279 g/mol. The molecule has 4 nitrogen and oxygen atoms in total. The zero-order valence-electron chi connectivity index (χ0n) is 11.0. The van der Waals surface area contributed by atoms with Gasteiger partial charge in [-0.15, -0.1) is 0 Å². The number of hydrogen-bond donors (Lipinski definition) is 2. The summed E-state index contributed by atoms with van der Waals surface area (Å²) in [7, 11) is 0. The highest BCUT2D eigenvalue weighted by molar-refractivity contribution is 7.07. The Bertz CT molecular complexity index is 434. The maximum atomic E-state index is 11.4. The Labute approximate surface area is 118 Å². The number of likely N-dealkylation sites (tertiary alicyclic amines) is 1. The minimum absolute atomic E-state index is 0.225. The van der Waals surface area contributed by atoms with Crippen molar-refractivity contribution in [1.29, 1.82) is 0 Å². The average Bonchev–Trinajstić information content (AvgIpc) is 2.93. The van der Waals surface area contributed by atoms with E-state index < -0.39 is 0 Å². The number of carbonyl (C=O) groups is 1. The zero-order chi connectivity index (χ0) is 13.2. The van der Waals surface area contributed by atoms with E-state index in [4.69, 9.17) is 5.73 Å². The standard InChI is InChI=1S/C14H21N3OS/c15-7-13(11-4-6-19-9-11)17-5-3-12-10(8-17)1-2-14(18)16-12/h4,6,9-10,12-13H,1-3,5,7-8,15H2,(H,16,18). The molecule has 1 aromatic heterocycles. The lowest BCUT2D eigenvalue weighted by atomic mass is 9.84. The summed E-state index contributed by atoms with van der Waals surface area (Å²) in [5, 5.41) is 7.45. The van der Waals surface area contributed by atoms with E-state index >= 15 is 0 Å².